The zero-order valence-corrected chi connectivity index (χ0v) is 10.7. The van der Waals surface area contributed by atoms with E-state index in [1.807, 2.05) is 6.92 Å². The van der Waals surface area contributed by atoms with E-state index in [0.29, 0.717) is 26.1 Å². The van der Waals surface area contributed by atoms with Crippen molar-refractivity contribution in [2.45, 2.75) is 45.4 Å². The van der Waals surface area contributed by atoms with Crippen molar-refractivity contribution in [2.24, 2.45) is 11.1 Å². The molecular formula is C13H23N3O. The van der Waals surface area contributed by atoms with Crippen LogP contribution >= 0.6 is 0 Å². The van der Waals surface area contributed by atoms with Crippen molar-refractivity contribution in [1.82, 2.24) is 4.90 Å². The third-order valence-corrected chi connectivity index (χ3v) is 3.82. The molecule has 0 spiro atoms. The molecule has 4 nitrogen and oxygen atoms in total. The van der Waals surface area contributed by atoms with Crippen molar-refractivity contribution < 1.29 is 4.79 Å². The van der Waals surface area contributed by atoms with E-state index >= 15 is 0 Å². The summed E-state index contributed by atoms with van der Waals surface area (Å²) in [6.45, 7) is 3.60. The third-order valence-electron chi connectivity index (χ3n) is 3.82. The second kappa shape index (κ2) is 6.61. The normalized spacial score (nSPS) is 18.4. The highest BCUT2D eigenvalue weighted by molar-refractivity contribution is 5.83. The van der Waals surface area contributed by atoms with Crippen LogP contribution in [0.25, 0.3) is 0 Å². The average molecular weight is 237 g/mol. The lowest BCUT2D eigenvalue weighted by Crippen LogP contribution is -2.49. The molecule has 0 atom stereocenters. The fraction of sp³-hybridized carbons (Fsp3) is 0.846. The van der Waals surface area contributed by atoms with Crippen LogP contribution in [0.3, 0.4) is 0 Å². The molecule has 96 valence electrons. The monoisotopic (exact) mass is 237 g/mol. The van der Waals surface area contributed by atoms with Crippen molar-refractivity contribution in [3.63, 3.8) is 0 Å². The molecule has 17 heavy (non-hydrogen) atoms. The Labute approximate surface area is 104 Å². The van der Waals surface area contributed by atoms with Gasteiger partial charge >= 0.3 is 0 Å². The minimum absolute atomic E-state index is 0.164. The third kappa shape index (κ3) is 3.19. The number of nitrogens with two attached hydrogens (primary N) is 1. The van der Waals surface area contributed by atoms with Crippen LogP contribution in [0, 0.1) is 16.7 Å². The molecule has 2 N–H and O–H groups in total. The van der Waals surface area contributed by atoms with Crippen LogP contribution in [-0.2, 0) is 4.79 Å². The largest absolute Gasteiger partial charge is 0.341 e. The Morgan fingerprint density at radius 3 is 2.53 bits per heavy atom. The maximum absolute atomic E-state index is 12.5. The molecular weight excluding hydrogens is 214 g/mol. The summed E-state index contributed by atoms with van der Waals surface area (Å²) in [6.07, 6.45) is 5.62. The first-order valence-corrected chi connectivity index (χ1v) is 6.56. The van der Waals surface area contributed by atoms with Crippen LogP contribution in [0.2, 0.25) is 0 Å². The van der Waals surface area contributed by atoms with Gasteiger partial charge in [-0.05, 0) is 19.8 Å². The Kier molecular flexibility index (Phi) is 5.43. The van der Waals surface area contributed by atoms with Gasteiger partial charge in [-0.3, -0.25) is 4.79 Å². The summed E-state index contributed by atoms with van der Waals surface area (Å²) in [7, 11) is 0. The van der Waals surface area contributed by atoms with Crippen LogP contribution in [0.5, 0.6) is 0 Å². The van der Waals surface area contributed by atoms with E-state index in [4.69, 9.17) is 11.0 Å². The first kappa shape index (κ1) is 14.0. The van der Waals surface area contributed by atoms with Gasteiger partial charge in [-0.1, -0.05) is 19.3 Å². The van der Waals surface area contributed by atoms with E-state index in [1.165, 1.54) is 6.42 Å². The minimum atomic E-state index is -0.344. The molecule has 1 aliphatic rings. The van der Waals surface area contributed by atoms with E-state index < -0.39 is 0 Å². The number of hydrogen-bond acceptors (Lipinski definition) is 3. The summed E-state index contributed by atoms with van der Waals surface area (Å²) >= 11 is 0. The fourth-order valence-corrected chi connectivity index (χ4v) is 2.66. The zero-order chi connectivity index (χ0) is 12.7. The molecule has 0 radical (unpaired) electrons. The molecule has 0 saturated heterocycles. The lowest BCUT2D eigenvalue weighted by Gasteiger charge is -2.38. The van der Waals surface area contributed by atoms with Gasteiger partial charge in [0, 0.05) is 19.6 Å². The highest BCUT2D eigenvalue weighted by Gasteiger charge is 2.40. The van der Waals surface area contributed by atoms with Gasteiger partial charge in [0.15, 0.2) is 0 Å². The van der Waals surface area contributed by atoms with Gasteiger partial charge in [-0.2, -0.15) is 5.26 Å². The van der Waals surface area contributed by atoms with Crippen molar-refractivity contribution in [3.05, 3.63) is 0 Å². The molecule has 1 saturated carbocycles. The number of carbonyl (C=O) groups excluding carboxylic acids is 1. The molecule has 0 heterocycles. The van der Waals surface area contributed by atoms with Crippen LogP contribution < -0.4 is 5.73 Å². The van der Waals surface area contributed by atoms with E-state index in [1.54, 1.807) is 4.90 Å². The Bertz CT molecular complexity index is 290. The number of nitriles is 1. The van der Waals surface area contributed by atoms with E-state index in [0.717, 1.165) is 25.7 Å². The van der Waals surface area contributed by atoms with Gasteiger partial charge in [0.25, 0.3) is 0 Å². The van der Waals surface area contributed by atoms with Gasteiger partial charge < -0.3 is 10.6 Å². The fourth-order valence-electron chi connectivity index (χ4n) is 2.66. The smallest absolute Gasteiger partial charge is 0.230 e. The maximum atomic E-state index is 12.5. The van der Waals surface area contributed by atoms with Crippen LogP contribution in [0.4, 0.5) is 0 Å². The predicted octanol–water partition coefficient (Wildman–Crippen LogP) is 1.66. The Morgan fingerprint density at radius 1 is 1.41 bits per heavy atom. The predicted molar refractivity (Wildman–Crippen MR) is 67.1 cm³/mol. The Balaban J connectivity index is 2.72. The Hall–Kier alpha value is -1.08. The summed E-state index contributed by atoms with van der Waals surface area (Å²) in [5.74, 6) is 0.164. The first-order valence-electron chi connectivity index (χ1n) is 6.56. The molecule has 1 aliphatic carbocycles. The van der Waals surface area contributed by atoms with Crippen LogP contribution in [0.1, 0.15) is 45.4 Å². The van der Waals surface area contributed by atoms with Crippen molar-refractivity contribution in [3.8, 4) is 6.07 Å². The first-order chi connectivity index (χ1) is 8.20. The summed E-state index contributed by atoms with van der Waals surface area (Å²) in [5, 5.41) is 8.61. The average Bonchev–Trinajstić information content (AvgIpc) is 2.40. The van der Waals surface area contributed by atoms with Crippen molar-refractivity contribution in [2.75, 3.05) is 19.6 Å². The molecule has 0 unspecified atom stereocenters. The van der Waals surface area contributed by atoms with E-state index in [2.05, 4.69) is 6.07 Å². The molecule has 0 aromatic heterocycles. The van der Waals surface area contributed by atoms with Gasteiger partial charge in [0.05, 0.1) is 17.9 Å². The Morgan fingerprint density at radius 2 is 2.06 bits per heavy atom. The van der Waals surface area contributed by atoms with Crippen LogP contribution in [-0.4, -0.2) is 30.4 Å². The van der Waals surface area contributed by atoms with Crippen molar-refractivity contribution >= 4 is 5.91 Å². The molecule has 1 rings (SSSR count). The molecule has 4 heteroatoms. The highest BCUT2D eigenvalue weighted by Crippen LogP contribution is 2.37. The van der Waals surface area contributed by atoms with Gasteiger partial charge in [0.2, 0.25) is 5.91 Å². The number of carbonyl (C=O) groups is 1. The second-order valence-electron chi connectivity index (χ2n) is 4.84. The summed E-state index contributed by atoms with van der Waals surface area (Å²) in [5.41, 5.74) is 5.50. The standard InChI is InChI=1S/C13H23N3O/c1-2-16(10-6-9-14)12(17)13(11-15)7-4-3-5-8-13/h2-8,10-11,15H2,1H3. The molecule has 0 aliphatic heterocycles. The summed E-state index contributed by atoms with van der Waals surface area (Å²) in [4.78, 5) is 14.3. The van der Waals surface area contributed by atoms with Gasteiger partial charge in [0.1, 0.15) is 0 Å². The highest BCUT2D eigenvalue weighted by atomic mass is 16.2. The lowest BCUT2D eigenvalue weighted by atomic mass is 9.73. The van der Waals surface area contributed by atoms with Crippen LogP contribution in [0.15, 0.2) is 0 Å². The quantitative estimate of drug-likeness (QED) is 0.790. The number of rotatable bonds is 5. The summed E-state index contributed by atoms with van der Waals surface area (Å²) in [6, 6.07) is 2.10. The molecule has 0 aromatic carbocycles. The van der Waals surface area contributed by atoms with Gasteiger partial charge in [-0.25, -0.2) is 0 Å². The number of hydrogen-bond donors (Lipinski definition) is 1. The molecule has 0 bridgehead atoms. The van der Waals surface area contributed by atoms with E-state index in [9.17, 15) is 4.79 Å². The topological polar surface area (TPSA) is 70.1 Å². The number of amides is 1. The van der Waals surface area contributed by atoms with Crippen molar-refractivity contribution in [1.29, 1.82) is 5.26 Å². The lowest BCUT2D eigenvalue weighted by molar-refractivity contribution is -0.143. The maximum Gasteiger partial charge on any atom is 0.230 e. The molecule has 1 fully saturated rings. The second-order valence-corrected chi connectivity index (χ2v) is 4.84. The SMILES string of the molecule is CCN(CCC#N)C(=O)C1(CN)CCCCC1. The number of nitrogens with zero attached hydrogens (tertiary/aromatic N) is 2. The zero-order valence-electron chi connectivity index (χ0n) is 10.7. The minimum Gasteiger partial charge on any atom is -0.341 e. The summed E-state index contributed by atoms with van der Waals surface area (Å²) < 4.78 is 0. The molecule has 1 amide bonds. The van der Waals surface area contributed by atoms with Gasteiger partial charge in [-0.15, -0.1) is 0 Å². The van der Waals surface area contributed by atoms with E-state index in [-0.39, 0.29) is 11.3 Å². The molecule has 0 aromatic rings.